The van der Waals surface area contributed by atoms with Crippen molar-refractivity contribution in [1.29, 1.82) is 0 Å². The molecule has 3 rings (SSSR count). The van der Waals surface area contributed by atoms with E-state index in [4.69, 9.17) is 4.74 Å². The van der Waals surface area contributed by atoms with Crippen LogP contribution < -0.4 is 10.1 Å². The average Bonchev–Trinajstić information content (AvgIpc) is 2.98. The lowest BCUT2D eigenvalue weighted by molar-refractivity contribution is 0.0937. The first-order valence-electron chi connectivity index (χ1n) is 7.04. The number of nitrogens with one attached hydrogen (secondary N) is 1. The number of hydrogen-bond acceptors (Lipinski definition) is 4. The van der Waals surface area contributed by atoms with Crippen LogP contribution in [0.15, 0.2) is 42.6 Å². The van der Waals surface area contributed by atoms with E-state index in [0.29, 0.717) is 11.5 Å². The molecule has 3 aromatic rings. The lowest BCUT2D eigenvalue weighted by Gasteiger charge is -2.13. The number of amides is 1. The molecule has 0 aliphatic heterocycles. The molecule has 1 amide bonds. The van der Waals surface area contributed by atoms with Crippen molar-refractivity contribution >= 4 is 11.6 Å². The zero-order chi connectivity index (χ0) is 16.4. The Bertz CT molecular complexity index is 862. The molecule has 0 bridgehead atoms. The number of nitrogens with zero attached hydrogens (tertiary/aromatic N) is 3. The fourth-order valence-electron chi connectivity index (χ4n) is 2.31. The predicted octanol–water partition coefficient (Wildman–Crippen LogP) is 2.37. The van der Waals surface area contributed by atoms with Gasteiger partial charge in [-0.1, -0.05) is 6.07 Å². The number of fused-ring (bicyclic) bond motifs is 1. The van der Waals surface area contributed by atoms with Gasteiger partial charge < -0.3 is 10.1 Å². The minimum absolute atomic E-state index is 0.0954. The molecule has 0 aliphatic carbocycles. The van der Waals surface area contributed by atoms with Gasteiger partial charge in [-0.3, -0.25) is 9.20 Å². The van der Waals surface area contributed by atoms with E-state index in [0.717, 1.165) is 6.07 Å². The monoisotopic (exact) mass is 314 g/mol. The van der Waals surface area contributed by atoms with Gasteiger partial charge >= 0.3 is 0 Å². The quantitative estimate of drug-likeness (QED) is 0.803. The van der Waals surface area contributed by atoms with Crippen molar-refractivity contribution in [2.45, 2.75) is 13.0 Å². The van der Waals surface area contributed by atoms with Crippen LogP contribution in [0.5, 0.6) is 5.75 Å². The van der Waals surface area contributed by atoms with Crippen molar-refractivity contribution in [2.24, 2.45) is 0 Å². The summed E-state index contributed by atoms with van der Waals surface area (Å²) < 4.78 is 20.3. The number of carbonyl (C=O) groups is 1. The highest BCUT2D eigenvalue weighted by atomic mass is 19.1. The van der Waals surface area contributed by atoms with E-state index in [9.17, 15) is 9.18 Å². The minimum Gasteiger partial charge on any atom is -0.494 e. The highest BCUT2D eigenvalue weighted by Crippen LogP contribution is 2.18. The van der Waals surface area contributed by atoms with E-state index < -0.39 is 11.7 Å². The van der Waals surface area contributed by atoms with Gasteiger partial charge in [0.1, 0.15) is 0 Å². The third kappa shape index (κ3) is 2.85. The van der Waals surface area contributed by atoms with E-state index in [1.807, 2.05) is 24.4 Å². The number of benzene rings is 1. The van der Waals surface area contributed by atoms with Crippen LogP contribution in [0.1, 0.15) is 29.1 Å². The normalized spacial score (nSPS) is 12.1. The van der Waals surface area contributed by atoms with Crippen LogP contribution in [0, 0.1) is 5.82 Å². The Labute approximate surface area is 131 Å². The second-order valence-electron chi connectivity index (χ2n) is 5.03. The summed E-state index contributed by atoms with van der Waals surface area (Å²) in [6.07, 6.45) is 1.82. The van der Waals surface area contributed by atoms with E-state index in [2.05, 4.69) is 15.5 Å². The molecule has 118 valence electrons. The molecule has 1 atom stereocenters. The van der Waals surface area contributed by atoms with Crippen LogP contribution in [0.4, 0.5) is 4.39 Å². The van der Waals surface area contributed by atoms with Gasteiger partial charge in [-0.05, 0) is 37.3 Å². The molecule has 0 spiro atoms. The number of pyridine rings is 1. The van der Waals surface area contributed by atoms with Crippen molar-refractivity contribution in [3.8, 4) is 5.75 Å². The summed E-state index contributed by atoms with van der Waals surface area (Å²) in [5.74, 6) is -0.284. The van der Waals surface area contributed by atoms with Crippen molar-refractivity contribution in [3.05, 3.63) is 59.8 Å². The lowest BCUT2D eigenvalue weighted by atomic mass is 10.2. The SMILES string of the molecule is COc1ccc(C(=O)NC(C)c2nnc3ccccn23)cc1F. The number of halogens is 1. The van der Waals surface area contributed by atoms with E-state index in [-0.39, 0.29) is 17.4 Å². The first kappa shape index (κ1) is 15.0. The molecular weight excluding hydrogens is 299 g/mol. The molecule has 23 heavy (non-hydrogen) atoms. The number of methoxy groups -OCH3 is 1. The number of rotatable bonds is 4. The maximum atomic E-state index is 13.7. The Hall–Kier alpha value is -2.96. The zero-order valence-corrected chi connectivity index (χ0v) is 12.7. The summed E-state index contributed by atoms with van der Waals surface area (Å²) in [6, 6.07) is 9.22. The van der Waals surface area contributed by atoms with Crippen LogP contribution in [0.3, 0.4) is 0 Å². The van der Waals surface area contributed by atoms with Gasteiger partial charge in [0.15, 0.2) is 23.0 Å². The summed E-state index contributed by atoms with van der Waals surface area (Å²) >= 11 is 0. The molecule has 2 aromatic heterocycles. The number of hydrogen-bond donors (Lipinski definition) is 1. The minimum atomic E-state index is -0.583. The third-order valence-corrected chi connectivity index (χ3v) is 3.49. The molecule has 0 fully saturated rings. The highest BCUT2D eigenvalue weighted by molar-refractivity contribution is 5.94. The molecule has 1 aromatic carbocycles. The topological polar surface area (TPSA) is 68.5 Å². The van der Waals surface area contributed by atoms with E-state index in [1.54, 1.807) is 11.3 Å². The van der Waals surface area contributed by atoms with Gasteiger partial charge in [0.2, 0.25) is 0 Å². The average molecular weight is 314 g/mol. The highest BCUT2D eigenvalue weighted by Gasteiger charge is 2.17. The van der Waals surface area contributed by atoms with Gasteiger partial charge in [0.05, 0.1) is 13.2 Å². The maximum absolute atomic E-state index is 13.7. The fourth-order valence-corrected chi connectivity index (χ4v) is 2.31. The van der Waals surface area contributed by atoms with Crippen LogP contribution in [0.2, 0.25) is 0 Å². The molecule has 0 aliphatic rings. The van der Waals surface area contributed by atoms with Gasteiger partial charge in [-0.2, -0.15) is 0 Å². The summed E-state index contributed by atoms with van der Waals surface area (Å²) in [4.78, 5) is 12.3. The molecule has 1 N–H and O–H groups in total. The summed E-state index contributed by atoms with van der Waals surface area (Å²) in [5.41, 5.74) is 0.906. The predicted molar refractivity (Wildman–Crippen MR) is 81.8 cm³/mol. The van der Waals surface area contributed by atoms with Crippen LogP contribution >= 0.6 is 0 Å². The van der Waals surface area contributed by atoms with E-state index in [1.165, 1.54) is 19.2 Å². The van der Waals surface area contributed by atoms with E-state index >= 15 is 0 Å². The first-order chi connectivity index (χ1) is 11.1. The van der Waals surface area contributed by atoms with Gasteiger partial charge in [0.25, 0.3) is 5.91 Å². The lowest BCUT2D eigenvalue weighted by Crippen LogP contribution is -2.28. The molecule has 0 saturated carbocycles. The molecule has 6 nitrogen and oxygen atoms in total. The van der Waals surface area contributed by atoms with Crippen LogP contribution in [-0.2, 0) is 0 Å². The van der Waals surface area contributed by atoms with Crippen LogP contribution in [-0.4, -0.2) is 27.6 Å². The number of ether oxygens (including phenoxy) is 1. The van der Waals surface area contributed by atoms with Crippen LogP contribution in [0.25, 0.3) is 5.65 Å². The van der Waals surface area contributed by atoms with Crippen molar-refractivity contribution in [1.82, 2.24) is 19.9 Å². The smallest absolute Gasteiger partial charge is 0.251 e. The summed E-state index contributed by atoms with van der Waals surface area (Å²) in [7, 11) is 1.37. The van der Waals surface area contributed by atoms with Crippen molar-refractivity contribution in [2.75, 3.05) is 7.11 Å². The maximum Gasteiger partial charge on any atom is 0.251 e. The summed E-state index contributed by atoms with van der Waals surface area (Å²) in [5, 5.41) is 10.9. The van der Waals surface area contributed by atoms with Crippen molar-refractivity contribution < 1.29 is 13.9 Å². The Morgan fingerprint density at radius 2 is 2.13 bits per heavy atom. The number of aromatic nitrogens is 3. The van der Waals surface area contributed by atoms with Gasteiger partial charge in [0, 0.05) is 11.8 Å². The van der Waals surface area contributed by atoms with Gasteiger partial charge in [-0.15, -0.1) is 10.2 Å². The molecule has 7 heteroatoms. The molecule has 0 saturated heterocycles. The Kier molecular flexibility index (Phi) is 3.92. The zero-order valence-electron chi connectivity index (χ0n) is 12.7. The first-order valence-corrected chi connectivity index (χ1v) is 7.04. The standard InChI is InChI=1S/C16H15FN4O2/c1-10(15-20-19-14-5-3-4-8-21(14)15)18-16(22)11-6-7-13(23-2)12(17)9-11/h3-10H,1-2H3,(H,18,22). The second-order valence-corrected chi connectivity index (χ2v) is 5.03. The molecule has 0 radical (unpaired) electrons. The molecule has 2 heterocycles. The third-order valence-electron chi connectivity index (χ3n) is 3.49. The molecule has 1 unspecified atom stereocenters. The Morgan fingerprint density at radius 1 is 1.30 bits per heavy atom. The Morgan fingerprint density at radius 3 is 2.87 bits per heavy atom. The molecular formula is C16H15FN4O2. The van der Waals surface area contributed by atoms with Gasteiger partial charge in [-0.25, -0.2) is 4.39 Å². The Balaban J connectivity index is 1.81. The second kappa shape index (κ2) is 6.04. The largest absolute Gasteiger partial charge is 0.494 e. The number of carbonyl (C=O) groups excluding carboxylic acids is 1. The summed E-state index contributed by atoms with van der Waals surface area (Å²) in [6.45, 7) is 1.79. The van der Waals surface area contributed by atoms with Crippen molar-refractivity contribution in [3.63, 3.8) is 0 Å². The fraction of sp³-hybridized carbons (Fsp3) is 0.188.